The highest BCUT2D eigenvalue weighted by Crippen LogP contribution is 2.48. The number of alkyl halides is 2. The van der Waals surface area contributed by atoms with Crippen molar-refractivity contribution in [3.8, 4) is 0 Å². The molecule has 6 rings (SSSR count). The van der Waals surface area contributed by atoms with Gasteiger partial charge < -0.3 is 15.1 Å². The minimum absolute atomic E-state index is 0.0201. The van der Waals surface area contributed by atoms with Crippen molar-refractivity contribution in [2.75, 3.05) is 13.1 Å². The number of nitrogens with zero attached hydrogens (tertiary/aromatic N) is 5. The fraction of sp³-hybridized carbons (Fsp3) is 0.214. The number of hydrogen-bond acceptors (Lipinski definition) is 9. The number of hydrogen-bond donors (Lipinski definition) is 3. The molecule has 0 unspecified atom stereocenters. The highest BCUT2D eigenvalue weighted by atomic mass is 35.5. The number of aliphatic imine (C=N–C) groups is 1. The molecule has 2 aliphatic heterocycles. The highest BCUT2D eigenvalue weighted by molar-refractivity contribution is 7.89. The van der Waals surface area contributed by atoms with Crippen LogP contribution in [0.3, 0.4) is 0 Å². The molecule has 0 radical (unpaired) electrons. The number of sulfonamides is 1. The first kappa shape index (κ1) is 30.9. The number of aliphatic hydroxyl groups is 1. The van der Waals surface area contributed by atoms with Crippen LogP contribution in [0.5, 0.6) is 0 Å². The Morgan fingerprint density at radius 1 is 1.22 bits per heavy atom. The molecule has 4 heterocycles. The molecule has 17 heteroatoms. The van der Waals surface area contributed by atoms with Gasteiger partial charge in [0.1, 0.15) is 17.5 Å². The molecule has 3 N–H and O–H groups in total. The van der Waals surface area contributed by atoms with Crippen LogP contribution in [0.25, 0.3) is 5.57 Å². The minimum atomic E-state index is -4.27. The van der Waals surface area contributed by atoms with Crippen LogP contribution in [0.1, 0.15) is 45.6 Å². The second kappa shape index (κ2) is 11.7. The molecule has 0 bridgehead atoms. The van der Waals surface area contributed by atoms with E-state index in [1.807, 2.05) is 0 Å². The molecule has 1 saturated heterocycles. The summed E-state index contributed by atoms with van der Waals surface area (Å²) < 4.78 is 70.3. The van der Waals surface area contributed by atoms with Gasteiger partial charge >= 0.3 is 12.5 Å². The molecule has 2 aromatic heterocycles. The maximum absolute atomic E-state index is 14.0. The van der Waals surface area contributed by atoms with Gasteiger partial charge in [0.05, 0.1) is 22.7 Å². The topological polar surface area (TPSA) is 150 Å². The summed E-state index contributed by atoms with van der Waals surface area (Å²) in [6.07, 6.45) is 2.45. The lowest BCUT2D eigenvalue weighted by atomic mass is 9.91. The summed E-state index contributed by atoms with van der Waals surface area (Å²) in [5.41, 5.74) is -0.857. The zero-order valence-electron chi connectivity index (χ0n) is 22.8. The summed E-state index contributed by atoms with van der Waals surface area (Å²) in [6, 6.07) is 8.83. The summed E-state index contributed by atoms with van der Waals surface area (Å²) >= 11 is 7.71. The largest absolute Gasteiger partial charge is 0.478 e. The number of aromatic carboxylic acids is 1. The monoisotopic (exact) mass is 678 g/mol. The summed E-state index contributed by atoms with van der Waals surface area (Å²) in [7, 11) is -4.27. The normalized spacial score (nSPS) is 20.1. The molecule has 0 spiro atoms. The number of halogens is 4. The van der Waals surface area contributed by atoms with Gasteiger partial charge in [-0.1, -0.05) is 23.7 Å². The van der Waals surface area contributed by atoms with Crippen LogP contribution in [-0.4, -0.2) is 68.8 Å². The van der Waals surface area contributed by atoms with E-state index in [9.17, 15) is 36.6 Å². The van der Waals surface area contributed by atoms with Crippen molar-refractivity contribution >= 4 is 50.3 Å². The Balaban J connectivity index is 1.44. The van der Waals surface area contributed by atoms with E-state index in [4.69, 9.17) is 16.6 Å². The Morgan fingerprint density at radius 2 is 2.02 bits per heavy atom. The van der Waals surface area contributed by atoms with Gasteiger partial charge in [-0.15, -0.1) is 11.3 Å². The Hall–Kier alpha value is -4.09. The van der Waals surface area contributed by atoms with Crippen LogP contribution in [0, 0.1) is 5.82 Å². The van der Waals surface area contributed by atoms with Gasteiger partial charge in [0, 0.05) is 52.6 Å². The first-order valence-electron chi connectivity index (χ1n) is 13.2. The van der Waals surface area contributed by atoms with Crippen molar-refractivity contribution in [3.05, 3.63) is 105 Å². The fourth-order valence-corrected chi connectivity index (χ4v) is 7.35. The van der Waals surface area contributed by atoms with Gasteiger partial charge in [0.15, 0.2) is 10.8 Å². The first-order chi connectivity index (χ1) is 21.3. The average Bonchev–Trinajstić information content (AvgIpc) is 3.76. The third-order valence-corrected chi connectivity index (χ3v) is 9.81. The lowest BCUT2D eigenvalue weighted by Gasteiger charge is -2.32. The van der Waals surface area contributed by atoms with Crippen LogP contribution in [0.15, 0.2) is 81.9 Å². The SMILES string of the molecule is O=C(O)c1cccc(S(=O)(=O)NC[C@]2(O)CC3=C(c4ccn(C(F)F)n4)[C@H](c4ccc(F)cc4Cl)N=C(c4nccs4)N3C2)c1. The lowest BCUT2D eigenvalue weighted by molar-refractivity contribution is 0.0564. The highest BCUT2D eigenvalue weighted by Gasteiger charge is 2.47. The minimum Gasteiger partial charge on any atom is -0.478 e. The van der Waals surface area contributed by atoms with E-state index in [0.29, 0.717) is 32.4 Å². The third kappa shape index (κ3) is 5.98. The average molecular weight is 679 g/mol. The molecule has 2 aliphatic rings. The van der Waals surface area contributed by atoms with E-state index in [0.717, 1.165) is 18.3 Å². The Bertz CT molecular complexity index is 1970. The number of benzene rings is 2. The lowest BCUT2D eigenvalue weighted by Crippen LogP contribution is -2.45. The molecule has 11 nitrogen and oxygen atoms in total. The molecule has 2 atom stereocenters. The summed E-state index contributed by atoms with van der Waals surface area (Å²) in [6.45, 7) is -3.62. The number of nitrogens with one attached hydrogen (secondary N) is 1. The number of rotatable bonds is 9. The number of fused-ring (bicyclic) bond motifs is 1. The third-order valence-electron chi connectivity index (χ3n) is 7.31. The van der Waals surface area contributed by atoms with Gasteiger partial charge in [0.2, 0.25) is 10.0 Å². The van der Waals surface area contributed by atoms with Crippen LogP contribution in [0.4, 0.5) is 13.2 Å². The number of amidine groups is 1. The van der Waals surface area contributed by atoms with E-state index in [1.165, 1.54) is 47.7 Å². The molecular formula is C28H22ClF3N6O5S2. The van der Waals surface area contributed by atoms with Gasteiger partial charge in [-0.25, -0.2) is 32.0 Å². The van der Waals surface area contributed by atoms with Crippen molar-refractivity contribution in [1.29, 1.82) is 0 Å². The van der Waals surface area contributed by atoms with E-state index >= 15 is 0 Å². The van der Waals surface area contributed by atoms with Crippen LogP contribution >= 0.6 is 22.9 Å². The molecule has 45 heavy (non-hydrogen) atoms. The number of thiazole rings is 1. The maximum atomic E-state index is 14.0. The predicted molar refractivity (Wildman–Crippen MR) is 158 cm³/mol. The van der Waals surface area contributed by atoms with Crippen LogP contribution in [0.2, 0.25) is 5.02 Å². The second-order valence-electron chi connectivity index (χ2n) is 10.3. The second-order valence-corrected chi connectivity index (χ2v) is 13.4. The van der Waals surface area contributed by atoms with Crippen molar-refractivity contribution in [2.24, 2.45) is 4.99 Å². The van der Waals surface area contributed by atoms with Crippen molar-refractivity contribution in [2.45, 2.75) is 29.5 Å². The molecular weight excluding hydrogens is 657 g/mol. The maximum Gasteiger partial charge on any atom is 0.335 e. The molecule has 4 aromatic rings. The summed E-state index contributed by atoms with van der Waals surface area (Å²) in [5, 5.41) is 27.3. The van der Waals surface area contributed by atoms with E-state index in [1.54, 1.807) is 16.5 Å². The Kier molecular flexibility index (Phi) is 8.03. The smallest absolute Gasteiger partial charge is 0.335 e. The fourth-order valence-electron chi connectivity index (χ4n) is 5.27. The van der Waals surface area contributed by atoms with Crippen LogP contribution < -0.4 is 4.72 Å². The Morgan fingerprint density at radius 3 is 2.69 bits per heavy atom. The quantitative estimate of drug-likeness (QED) is 0.233. The van der Waals surface area contributed by atoms with Crippen molar-refractivity contribution in [3.63, 3.8) is 0 Å². The summed E-state index contributed by atoms with van der Waals surface area (Å²) in [4.78, 5) is 21.9. The molecule has 2 aromatic carbocycles. The zero-order valence-corrected chi connectivity index (χ0v) is 25.2. The molecule has 1 fully saturated rings. The van der Waals surface area contributed by atoms with Crippen LogP contribution in [-0.2, 0) is 10.0 Å². The zero-order chi connectivity index (χ0) is 32.1. The number of carboxylic acid groups (broad SMARTS) is 1. The van der Waals surface area contributed by atoms with Gasteiger partial charge in [-0.05, 0) is 36.4 Å². The molecule has 0 aliphatic carbocycles. The van der Waals surface area contributed by atoms with Gasteiger partial charge in [-0.3, -0.25) is 4.99 Å². The van der Waals surface area contributed by atoms with Crippen molar-refractivity contribution < 1.29 is 36.6 Å². The number of aromatic nitrogens is 3. The van der Waals surface area contributed by atoms with E-state index in [-0.39, 0.29) is 34.1 Å². The number of carboxylic acids is 1. The van der Waals surface area contributed by atoms with Gasteiger partial charge in [0.25, 0.3) is 0 Å². The van der Waals surface area contributed by atoms with E-state index < -0.39 is 46.5 Å². The molecule has 0 amide bonds. The van der Waals surface area contributed by atoms with E-state index in [2.05, 4.69) is 14.8 Å². The Labute approximate surface area is 263 Å². The standard InChI is InChI=1S/C28H22ClF3N6O5S2/c29-19-11-16(30)4-5-18(19)23-22(20-6-8-38(36-20)27(31)32)21-12-28(41,14-37(21)24(35-23)25-33-7-9-44-25)13-34-45(42,43)17-3-1-2-15(10-17)26(39)40/h1-11,23,27,34,41H,12-14H2,(H,39,40)/t23-,28+/m0/s1. The van der Waals surface area contributed by atoms with Gasteiger partial charge in [-0.2, -0.15) is 13.9 Å². The number of carbonyl (C=O) groups is 1. The summed E-state index contributed by atoms with van der Waals surface area (Å²) in [5.74, 6) is -1.61. The molecule has 0 saturated carbocycles. The molecule has 234 valence electrons. The van der Waals surface area contributed by atoms with Crippen molar-refractivity contribution in [1.82, 2.24) is 24.4 Å². The predicted octanol–water partition coefficient (Wildman–Crippen LogP) is 4.55. The first-order valence-corrected chi connectivity index (χ1v) is 15.9.